The smallest absolute Gasteiger partial charge is 0.253 e. The van der Waals surface area contributed by atoms with E-state index in [2.05, 4.69) is 22.3 Å². The molecule has 2 saturated heterocycles. The average molecular weight is 447 g/mol. The van der Waals surface area contributed by atoms with E-state index >= 15 is 0 Å². The van der Waals surface area contributed by atoms with E-state index in [-0.39, 0.29) is 42.5 Å². The summed E-state index contributed by atoms with van der Waals surface area (Å²) in [5, 5.41) is 2.83. The Balaban J connectivity index is 0.00000210. The van der Waals surface area contributed by atoms with Crippen molar-refractivity contribution in [1.29, 1.82) is 0 Å². The summed E-state index contributed by atoms with van der Waals surface area (Å²) in [7, 11) is 0. The van der Waals surface area contributed by atoms with Gasteiger partial charge in [0.1, 0.15) is 6.10 Å². The summed E-state index contributed by atoms with van der Waals surface area (Å²) < 4.78 is 5.77. The number of piperidine rings is 1. The average Bonchev–Trinajstić information content (AvgIpc) is 2.72. The fourth-order valence-corrected chi connectivity index (χ4v) is 3.77. The molecule has 0 saturated carbocycles. The molecule has 2 heterocycles. The first-order valence-corrected chi connectivity index (χ1v) is 9.82. The number of ether oxygens (including phenoxy) is 1. The Labute approximate surface area is 185 Å². The molecule has 29 heavy (non-hydrogen) atoms. The SMILES string of the molecule is Cl.Cl.NCCNC(=O)C1CCCN(C(=O)C2CN(Cc3ccccc3)CCO2)C1. The lowest BCUT2D eigenvalue weighted by Crippen LogP contribution is -2.54. The second-order valence-electron chi connectivity index (χ2n) is 7.28. The van der Waals surface area contributed by atoms with Gasteiger partial charge >= 0.3 is 0 Å². The highest BCUT2D eigenvalue weighted by Gasteiger charge is 2.34. The summed E-state index contributed by atoms with van der Waals surface area (Å²) in [6, 6.07) is 10.3. The van der Waals surface area contributed by atoms with Crippen LogP contribution in [0, 0.1) is 5.92 Å². The van der Waals surface area contributed by atoms with Gasteiger partial charge in [-0.15, -0.1) is 24.8 Å². The van der Waals surface area contributed by atoms with Gasteiger partial charge < -0.3 is 20.7 Å². The number of carbonyl (C=O) groups is 2. The van der Waals surface area contributed by atoms with E-state index < -0.39 is 6.10 Å². The number of carbonyl (C=O) groups excluding carboxylic acids is 2. The number of nitrogens with one attached hydrogen (secondary N) is 1. The molecular formula is C20H32Cl2N4O3. The van der Waals surface area contributed by atoms with Gasteiger partial charge in [-0.2, -0.15) is 0 Å². The van der Waals surface area contributed by atoms with Crippen molar-refractivity contribution >= 4 is 36.6 Å². The van der Waals surface area contributed by atoms with Gasteiger partial charge in [0.15, 0.2) is 0 Å². The fraction of sp³-hybridized carbons (Fsp3) is 0.600. The molecule has 1 aromatic rings. The van der Waals surface area contributed by atoms with Crippen molar-refractivity contribution < 1.29 is 14.3 Å². The maximum absolute atomic E-state index is 13.0. The highest BCUT2D eigenvalue weighted by Crippen LogP contribution is 2.19. The number of nitrogens with two attached hydrogens (primary N) is 1. The molecule has 2 aliphatic rings. The highest BCUT2D eigenvalue weighted by molar-refractivity contribution is 5.85. The minimum absolute atomic E-state index is 0. The van der Waals surface area contributed by atoms with Gasteiger partial charge in [0.05, 0.1) is 12.5 Å². The Bertz CT molecular complexity index is 635. The van der Waals surface area contributed by atoms with Crippen molar-refractivity contribution in [3.63, 3.8) is 0 Å². The Morgan fingerprint density at radius 3 is 2.62 bits per heavy atom. The van der Waals surface area contributed by atoms with E-state index in [1.807, 2.05) is 18.2 Å². The topological polar surface area (TPSA) is 87.9 Å². The molecule has 0 radical (unpaired) electrons. The summed E-state index contributed by atoms with van der Waals surface area (Å²) in [6.07, 6.45) is 1.20. The number of nitrogens with zero attached hydrogens (tertiary/aromatic N) is 2. The van der Waals surface area contributed by atoms with Gasteiger partial charge in [0.2, 0.25) is 5.91 Å². The first kappa shape index (κ1) is 25.7. The van der Waals surface area contributed by atoms with Crippen molar-refractivity contribution in [2.24, 2.45) is 11.7 Å². The zero-order valence-corrected chi connectivity index (χ0v) is 18.3. The minimum atomic E-state index is -0.451. The van der Waals surface area contributed by atoms with Gasteiger partial charge in [-0.25, -0.2) is 0 Å². The van der Waals surface area contributed by atoms with E-state index in [1.165, 1.54) is 5.56 Å². The molecule has 1 aromatic carbocycles. The maximum atomic E-state index is 13.0. The van der Waals surface area contributed by atoms with Crippen LogP contribution in [0.4, 0.5) is 0 Å². The maximum Gasteiger partial charge on any atom is 0.253 e. The van der Waals surface area contributed by atoms with Crippen LogP contribution in [0.15, 0.2) is 30.3 Å². The van der Waals surface area contributed by atoms with Gasteiger partial charge in [-0.1, -0.05) is 30.3 Å². The zero-order valence-electron chi connectivity index (χ0n) is 16.6. The first-order valence-electron chi connectivity index (χ1n) is 9.82. The molecule has 0 aromatic heterocycles. The molecule has 0 aliphatic carbocycles. The number of amides is 2. The third kappa shape index (κ3) is 7.42. The van der Waals surface area contributed by atoms with Gasteiger partial charge in [0, 0.05) is 45.8 Å². The van der Waals surface area contributed by atoms with Crippen LogP contribution in [0.1, 0.15) is 18.4 Å². The Morgan fingerprint density at radius 2 is 1.90 bits per heavy atom. The second kappa shape index (κ2) is 13.0. The predicted octanol–water partition coefficient (Wildman–Crippen LogP) is 1.04. The Morgan fingerprint density at radius 1 is 1.14 bits per heavy atom. The number of hydrogen-bond acceptors (Lipinski definition) is 5. The van der Waals surface area contributed by atoms with E-state index in [0.29, 0.717) is 39.3 Å². The lowest BCUT2D eigenvalue weighted by molar-refractivity contribution is -0.152. The number of benzene rings is 1. The van der Waals surface area contributed by atoms with Crippen LogP contribution in [0.2, 0.25) is 0 Å². The molecule has 3 N–H and O–H groups in total. The monoisotopic (exact) mass is 446 g/mol. The predicted molar refractivity (Wildman–Crippen MR) is 117 cm³/mol. The van der Waals surface area contributed by atoms with Crippen LogP contribution in [0.3, 0.4) is 0 Å². The Kier molecular flexibility index (Phi) is 11.5. The first-order chi connectivity index (χ1) is 13.2. The van der Waals surface area contributed by atoms with Crippen molar-refractivity contribution in [3.8, 4) is 0 Å². The largest absolute Gasteiger partial charge is 0.366 e. The molecule has 2 amide bonds. The number of hydrogen-bond donors (Lipinski definition) is 2. The number of morpholine rings is 1. The molecule has 7 nitrogen and oxygen atoms in total. The normalized spacial score (nSPS) is 22.2. The molecule has 2 fully saturated rings. The second-order valence-corrected chi connectivity index (χ2v) is 7.28. The third-order valence-electron chi connectivity index (χ3n) is 5.22. The summed E-state index contributed by atoms with van der Waals surface area (Å²) in [6.45, 7) is 4.84. The van der Waals surface area contributed by atoms with Gasteiger partial charge in [-0.05, 0) is 18.4 Å². The van der Waals surface area contributed by atoms with Crippen LogP contribution in [-0.2, 0) is 20.9 Å². The quantitative estimate of drug-likeness (QED) is 0.681. The third-order valence-corrected chi connectivity index (χ3v) is 5.22. The molecule has 0 bridgehead atoms. The van der Waals surface area contributed by atoms with E-state index in [9.17, 15) is 9.59 Å². The molecule has 2 atom stereocenters. The summed E-state index contributed by atoms with van der Waals surface area (Å²) in [5.74, 6) is -0.157. The summed E-state index contributed by atoms with van der Waals surface area (Å²) in [4.78, 5) is 29.2. The van der Waals surface area contributed by atoms with E-state index in [0.717, 1.165) is 25.9 Å². The standard InChI is InChI=1S/C20H30N4O3.2ClH/c21-8-9-22-19(25)17-7-4-10-24(14-17)20(26)18-15-23(11-12-27-18)13-16-5-2-1-3-6-16;;/h1-3,5-6,17-18H,4,7-15,21H2,(H,22,25);2*1H. The van der Waals surface area contributed by atoms with Gasteiger partial charge in [-0.3, -0.25) is 14.5 Å². The van der Waals surface area contributed by atoms with Crippen molar-refractivity contribution in [2.45, 2.75) is 25.5 Å². The summed E-state index contributed by atoms with van der Waals surface area (Å²) in [5.41, 5.74) is 6.68. The lowest BCUT2D eigenvalue weighted by Gasteiger charge is -2.38. The molecule has 0 spiro atoms. The van der Waals surface area contributed by atoms with E-state index in [4.69, 9.17) is 10.5 Å². The number of halogens is 2. The van der Waals surface area contributed by atoms with Gasteiger partial charge in [0.25, 0.3) is 5.91 Å². The molecule has 164 valence electrons. The molecule has 3 rings (SSSR count). The Hall–Kier alpha value is -1.38. The fourth-order valence-electron chi connectivity index (χ4n) is 3.77. The molecule has 2 unspecified atom stereocenters. The zero-order chi connectivity index (χ0) is 19.1. The van der Waals surface area contributed by atoms with Crippen molar-refractivity contribution in [1.82, 2.24) is 15.1 Å². The number of rotatable bonds is 6. The van der Waals surface area contributed by atoms with Crippen LogP contribution in [-0.4, -0.2) is 73.6 Å². The van der Waals surface area contributed by atoms with Crippen molar-refractivity contribution in [2.75, 3.05) is 45.9 Å². The molecular weight excluding hydrogens is 415 g/mol. The number of likely N-dealkylation sites (tertiary alicyclic amines) is 1. The molecule has 2 aliphatic heterocycles. The molecule has 9 heteroatoms. The van der Waals surface area contributed by atoms with Crippen LogP contribution >= 0.6 is 24.8 Å². The lowest BCUT2D eigenvalue weighted by atomic mass is 9.96. The van der Waals surface area contributed by atoms with Crippen LogP contribution < -0.4 is 11.1 Å². The minimum Gasteiger partial charge on any atom is -0.366 e. The highest BCUT2D eigenvalue weighted by atomic mass is 35.5. The van der Waals surface area contributed by atoms with Crippen LogP contribution in [0.5, 0.6) is 0 Å². The summed E-state index contributed by atoms with van der Waals surface area (Å²) >= 11 is 0. The van der Waals surface area contributed by atoms with Crippen LogP contribution in [0.25, 0.3) is 0 Å². The van der Waals surface area contributed by atoms with Crippen molar-refractivity contribution in [3.05, 3.63) is 35.9 Å². The van der Waals surface area contributed by atoms with E-state index in [1.54, 1.807) is 4.90 Å².